The normalized spacial score (nSPS) is 9.89. The van der Waals surface area contributed by atoms with Crippen molar-refractivity contribution in [1.29, 1.82) is 0 Å². The summed E-state index contributed by atoms with van der Waals surface area (Å²) in [4.78, 5) is 11.7. The second-order valence-electron chi connectivity index (χ2n) is 3.79. The molecule has 0 aromatic heterocycles. The smallest absolute Gasteiger partial charge is 0.410 e. The van der Waals surface area contributed by atoms with Crippen LogP contribution in [-0.2, 0) is 0 Å². The molecule has 3 nitrogen and oxygen atoms in total. The molecule has 0 bridgehead atoms. The number of para-hydroxylation sites is 1. The molecule has 0 radical (unpaired) electrons. The average molecular weight is 306 g/mol. The zero-order valence-electron chi connectivity index (χ0n) is 9.81. The number of aryl methyl sites for hydroxylation is 1. The topological polar surface area (TPSA) is 38.3 Å². The van der Waals surface area contributed by atoms with E-state index in [1.807, 2.05) is 43.3 Å². The van der Waals surface area contributed by atoms with Gasteiger partial charge in [0.1, 0.15) is 5.75 Å². The number of hydrogen-bond donors (Lipinski definition) is 1. The molecule has 1 amide bonds. The van der Waals surface area contributed by atoms with Gasteiger partial charge in [-0.25, -0.2) is 4.79 Å². The van der Waals surface area contributed by atoms with E-state index in [-0.39, 0.29) is 0 Å². The first-order valence-electron chi connectivity index (χ1n) is 5.45. The van der Waals surface area contributed by atoms with Crippen molar-refractivity contribution < 1.29 is 9.53 Å². The molecule has 0 fully saturated rings. The summed E-state index contributed by atoms with van der Waals surface area (Å²) in [5.41, 5.74) is 1.70. The van der Waals surface area contributed by atoms with E-state index in [9.17, 15) is 4.79 Å². The molecule has 18 heavy (non-hydrogen) atoms. The number of hydrogen-bond acceptors (Lipinski definition) is 2. The van der Waals surface area contributed by atoms with E-state index in [1.54, 1.807) is 12.1 Å². The number of carbonyl (C=O) groups is 1. The zero-order valence-corrected chi connectivity index (χ0v) is 11.4. The molecular formula is C14H12BrNO2. The van der Waals surface area contributed by atoms with Crippen LogP contribution in [-0.4, -0.2) is 6.09 Å². The molecule has 0 aliphatic carbocycles. The first-order valence-corrected chi connectivity index (χ1v) is 6.24. The van der Waals surface area contributed by atoms with Crippen LogP contribution in [0.2, 0.25) is 0 Å². The average Bonchev–Trinajstić information content (AvgIpc) is 2.34. The van der Waals surface area contributed by atoms with Crippen LogP contribution in [0.15, 0.2) is 53.0 Å². The lowest BCUT2D eigenvalue weighted by Gasteiger charge is -2.09. The molecule has 0 unspecified atom stereocenters. The third-order valence-corrected chi connectivity index (χ3v) is 2.87. The Hall–Kier alpha value is -1.81. The van der Waals surface area contributed by atoms with Crippen LogP contribution >= 0.6 is 15.9 Å². The molecule has 0 saturated carbocycles. The van der Waals surface area contributed by atoms with Gasteiger partial charge < -0.3 is 4.74 Å². The van der Waals surface area contributed by atoms with Crippen molar-refractivity contribution in [1.82, 2.24) is 0 Å². The minimum atomic E-state index is -0.494. The molecule has 0 aliphatic rings. The van der Waals surface area contributed by atoms with Gasteiger partial charge in [0, 0.05) is 10.2 Å². The number of carbonyl (C=O) groups excluding carboxylic acids is 1. The fraction of sp³-hybridized carbons (Fsp3) is 0.0714. The van der Waals surface area contributed by atoms with Crippen molar-refractivity contribution in [2.45, 2.75) is 6.92 Å². The van der Waals surface area contributed by atoms with E-state index in [2.05, 4.69) is 21.2 Å². The summed E-state index contributed by atoms with van der Waals surface area (Å²) >= 11 is 3.37. The molecule has 0 saturated heterocycles. The number of benzene rings is 2. The predicted octanol–water partition coefficient (Wildman–Crippen LogP) is 4.37. The Balaban J connectivity index is 2.03. The monoisotopic (exact) mass is 305 g/mol. The lowest BCUT2D eigenvalue weighted by molar-refractivity contribution is 0.215. The Kier molecular flexibility index (Phi) is 3.99. The highest BCUT2D eigenvalue weighted by atomic mass is 79.9. The molecule has 92 valence electrons. The fourth-order valence-electron chi connectivity index (χ4n) is 1.50. The molecule has 0 aliphatic heterocycles. The first-order chi connectivity index (χ1) is 8.65. The van der Waals surface area contributed by atoms with Gasteiger partial charge >= 0.3 is 6.09 Å². The summed E-state index contributed by atoms with van der Waals surface area (Å²) in [5, 5.41) is 2.70. The molecule has 4 heteroatoms. The van der Waals surface area contributed by atoms with Gasteiger partial charge in [0.05, 0.1) is 0 Å². The van der Waals surface area contributed by atoms with Gasteiger partial charge in [0.2, 0.25) is 0 Å². The Bertz CT molecular complexity index is 555. The Morgan fingerprint density at radius 2 is 1.89 bits per heavy atom. The van der Waals surface area contributed by atoms with Crippen molar-refractivity contribution in [2.24, 2.45) is 0 Å². The number of nitrogens with one attached hydrogen (secondary N) is 1. The van der Waals surface area contributed by atoms with Crippen molar-refractivity contribution in [3.63, 3.8) is 0 Å². The van der Waals surface area contributed by atoms with E-state index < -0.39 is 6.09 Å². The third-order valence-electron chi connectivity index (χ3n) is 2.38. The van der Waals surface area contributed by atoms with E-state index >= 15 is 0 Å². The summed E-state index contributed by atoms with van der Waals surface area (Å²) in [6, 6.07) is 14.6. The van der Waals surface area contributed by atoms with Gasteiger partial charge in [-0.2, -0.15) is 0 Å². The Morgan fingerprint density at radius 1 is 1.17 bits per heavy atom. The first kappa shape index (κ1) is 12.6. The molecule has 0 heterocycles. The summed E-state index contributed by atoms with van der Waals surface area (Å²) in [6.07, 6.45) is -0.494. The maximum atomic E-state index is 11.7. The number of rotatable bonds is 2. The molecule has 0 atom stereocenters. The number of anilines is 1. The molecule has 2 rings (SSSR count). The van der Waals surface area contributed by atoms with Crippen molar-refractivity contribution >= 4 is 27.7 Å². The number of amides is 1. The second-order valence-corrected chi connectivity index (χ2v) is 4.70. The predicted molar refractivity (Wildman–Crippen MR) is 75.0 cm³/mol. The van der Waals surface area contributed by atoms with Crippen LogP contribution < -0.4 is 10.1 Å². The van der Waals surface area contributed by atoms with Gasteiger partial charge in [-0.3, -0.25) is 5.32 Å². The molecule has 2 aromatic carbocycles. The SMILES string of the molecule is Cc1cc(Br)ccc1NC(=O)Oc1ccccc1. The summed E-state index contributed by atoms with van der Waals surface area (Å²) in [7, 11) is 0. The van der Waals surface area contributed by atoms with Crippen LogP contribution in [0, 0.1) is 6.92 Å². The minimum Gasteiger partial charge on any atom is -0.410 e. The summed E-state index contributed by atoms with van der Waals surface area (Å²) < 4.78 is 6.12. The van der Waals surface area contributed by atoms with E-state index in [0.29, 0.717) is 5.75 Å². The van der Waals surface area contributed by atoms with Crippen molar-refractivity contribution in [3.8, 4) is 5.75 Å². The van der Waals surface area contributed by atoms with Gasteiger partial charge in [-0.15, -0.1) is 0 Å². The molecule has 1 N–H and O–H groups in total. The molecule has 2 aromatic rings. The quantitative estimate of drug-likeness (QED) is 0.895. The minimum absolute atomic E-state index is 0.494. The van der Waals surface area contributed by atoms with Crippen LogP contribution in [0.25, 0.3) is 0 Å². The highest BCUT2D eigenvalue weighted by Crippen LogP contribution is 2.20. The van der Waals surface area contributed by atoms with Crippen LogP contribution in [0.1, 0.15) is 5.56 Å². The second kappa shape index (κ2) is 5.69. The van der Waals surface area contributed by atoms with Gasteiger partial charge in [0.15, 0.2) is 0 Å². The highest BCUT2D eigenvalue weighted by molar-refractivity contribution is 9.10. The number of halogens is 1. The standard InChI is InChI=1S/C14H12BrNO2/c1-10-9-11(15)7-8-13(10)16-14(17)18-12-5-3-2-4-6-12/h2-9H,1H3,(H,16,17). The zero-order chi connectivity index (χ0) is 13.0. The van der Waals surface area contributed by atoms with E-state index in [0.717, 1.165) is 15.7 Å². The maximum Gasteiger partial charge on any atom is 0.417 e. The lowest BCUT2D eigenvalue weighted by atomic mass is 10.2. The van der Waals surface area contributed by atoms with Crippen molar-refractivity contribution in [2.75, 3.05) is 5.32 Å². The van der Waals surface area contributed by atoms with E-state index in [4.69, 9.17) is 4.74 Å². The van der Waals surface area contributed by atoms with E-state index in [1.165, 1.54) is 0 Å². The van der Waals surface area contributed by atoms with Crippen molar-refractivity contribution in [3.05, 3.63) is 58.6 Å². The largest absolute Gasteiger partial charge is 0.417 e. The van der Waals surface area contributed by atoms with Crippen LogP contribution in [0.4, 0.5) is 10.5 Å². The Morgan fingerprint density at radius 3 is 2.56 bits per heavy atom. The number of ether oxygens (including phenoxy) is 1. The lowest BCUT2D eigenvalue weighted by Crippen LogP contribution is -2.17. The van der Waals surface area contributed by atoms with Gasteiger partial charge in [-0.1, -0.05) is 34.1 Å². The maximum absolute atomic E-state index is 11.7. The molecule has 0 spiro atoms. The van der Waals surface area contributed by atoms with Crippen LogP contribution in [0.3, 0.4) is 0 Å². The highest BCUT2D eigenvalue weighted by Gasteiger charge is 2.06. The summed E-state index contributed by atoms with van der Waals surface area (Å²) in [5.74, 6) is 0.518. The van der Waals surface area contributed by atoms with Gasteiger partial charge in [-0.05, 0) is 42.8 Å². The third kappa shape index (κ3) is 3.34. The fourth-order valence-corrected chi connectivity index (χ4v) is 1.97. The van der Waals surface area contributed by atoms with Crippen LogP contribution in [0.5, 0.6) is 5.75 Å². The molecular weight excluding hydrogens is 294 g/mol. The summed E-state index contributed by atoms with van der Waals surface area (Å²) in [6.45, 7) is 1.92. The Labute approximate surface area is 114 Å². The van der Waals surface area contributed by atoms with Gasteiger partial charge in [0.25, 0.3) is 0 Å².